The maximum Gasteiger partial charge on any atom is 0.0991 e. The number of nitrogens with zero attached hydrogens (tertiary/aromatic N) is 2. The van der Waals surface area contributed by atoms with E-state index in [1.807, 2.05) is 42.5 Å². The van der Waals surface area contributed by atoms with Gasteiger partial charge in [-0.15, -0.1) is 0 Å². The van der Waals surface area contributed by atoms with Crippen LogP contribution in [0.15, 0.2) is 72.8 Å². The van der Waals surface area contributed by atoms with E-state index in [0.717, 1.165) is 35.3 Å². The highest BCUT2D eigenvalue weighted by Gasteiger charge is 2.00. The summed E-state index contributed by atoms with van der Waals surface area (Å²) < 4.78 is 0. The lowest BCUT2D eigenvalue weighted by Crippen LogP contribution is -2.21. The van der Waals surface area contributed by atoms with Crippen LogP contribution in [0.3, 0.4) is 0 Å². The fourth-order valence-electron chi connectivity index (χ4n) is 3.03. The van der Waals surface area contributed by atoms with Crippen molar-refractivity contribution in [1.82, 2.24) is 0 Å². The van der Waals surface area contributed by atoms with Crippen molar-refractivity contribution >= 4 is 17.8 Å². The maximum atomic E-state index is 8.85. The van der Waals surface area contributed by atoms with Gasteiger partial charge in [0, 0.05) is 29.9 Å². The van der Waals surface area contributed by atoms with Gasteiger partial charge in [0.1, 0.15) is 0 Å². The SMILES string of the molecule is CCN(CC)c1ccc(C#Cc2ccc(/C=C/c3ccc(C#N)cc3)cc2)cc1. The Hall–Kier alpha value is -3.75. The Kier molecular flexibility index (Phi) is 6.88. The van der Waals surface area contributed by atoms with Gasteiger partial charge in [0.2, 0.25) is 0 Å². The van der Waals surface area contributed by atoms with Gasteiger partial charge < -0.3 is 4.90 Å². The summed E-state index contributed by atoms with van der Waals surface area (Å²) in [5.74, 6) is 6.47. The largest absolute Gasteiger partial charge is 0.372 e. The van der Waals surface area contributed by atoms with Crippen LogP contribution in [0.2, 0.25) is 0 Å². The lowest BCUT2D eigenvalue weighted by Gasteiger charge is -2.20. The molecule has 0 bridgehead atoms. The van der Waals surface area contributed by atoms with Gasteiger partial charge in [0.25, 0.3) is 0 Å². The topological polar surface area (TPSA) is 27.0 Å². The van der Waals surface area contributed by atoms with E-state index in [4.69, 9.17) is 5.26 Å². The van der Waals surface area contributed by atoms with Crippen LogP contribution < -0.4 is 4.90 Å². The highest BCUT2D eigenvalue weighted by atomic mass is 15.1. The first-order valence-electron chi connectivity index (χ1n) is 9.87. The van der Waals surface area contributed by atoms with E-state index in [0.29, 0.717) is 5.56 Å². The lowest BCUT2D eigenvalue weighted by molar-refractivity contribution is 0.866. The minimum absolute atomic E-state index is 0.674. The summed E-state index contributed by atoms with van der Waals surface area (Å²) in [5.41, 5.74) is 6.11. The van der Waals surface area contributed by atoms with E-state index in [1.165, 1.54) is 5.69 Å². The van der Waals surface area contributed by atoms with E-state index < -0.39 is 0 Å². The number of hydrogen-bond acceptors (Lipinski definition) is 2. The van der Waals surface area contributed by atoms with Crippen LogP contribution in [-0.4, -0.2) is 13.1 Å². The average molecular weight is 377 g/mol. The van der Waals surface area contributed by atoms with Gasteiger partial charge in [-0.1, -0.05) is 48.3 Å². The van der Waals surface area contributed by atoms with Crippen LogP contribution in [-0.2, 0) is 0 Å². The minimum atomic E-state index is 0.674. The molecule has 0 saturated carbocycles. The summed E-state index contributed by atoms with van der Waals surface area (Å²) in [5, 5.41) is 8.85. The Labute approximate surface area is 173 Å². The van der Waals surface area contributed by atoms with Crippen molar-refractivity contribution in [3.8, 4) is 17.9 Å². The molecule has 3 rings (SSSR count). The summed E-state index contributed by atoms with van der Waals surface area (Å²) in [4.78, 5) is 2.32. The van der Waals surface area contributed by atoms with Gasteiger partial charge in [0.15, 0.2) is 0 Å². The quantitative estimate of drug-likeness (QED) is 0.405. The van der Waals surface area contributed by atoms with Crippen LogP contribution in [0.5, 0.6) is 0 Å². The third-order valence-electron chi connectivity index (χ3n) is 4.77. The summed E-state index contributed by atoms with van der Waals surface area (Å²) in [6.45, 7) is 6.35. The van der Waals surface area contributed by atoms with Crippen molar-refractivity contribution in [2.24, 2.45) is 0 Å². The average Bonchev–Trinajstić information content (AvgIpc) is 2.79. The molecule has 0 N–H and O–H groups in total. The molecule has 0 unspecified atom stereocenters. The van der Waals surface area contributed by atoms with Crippen molar-refractivity contribution in [2.75, 3.05) is 18.0 Å². The summed E-state index contributed by atoms with van der Waals surface area (Å²) in [6.07, 6.45) is 4.10. The molecule has 2 nitrogen and oxygen atoms in total. The lowest BCUT2D eigenvalue weighted by atomic mass is 10.1. The summed E-state index contributed by atoms with van der Waals surface area (Å²) in [7, 11) is 0. The predicted molar refractivity (Wildman–Crippen MR) is 123 cm³/mol. The highest BCUT2D eigenvalue weighted by Crippen LogP contribution is 2.15. The molecule has 0 fully saturated rings. The van der Waals surface area contributed by atoms with Crippen LogP contribution in [0, 0.1) is 23.2 Å². The smallest absolute Gasteiger partial charge is 0.0991 e. The van der Waals surface area contributed by atoms with Crippen LogP contribution >= 0.6 is 0 Å². The van der Waals surface area contributed by atoms with Crippen molar-refractivity contribution < 1.29 is 0 Å². The summed E-state index contributed by atoms with van der Waals surface area (Å²) in [6, 6.07) is 26.3. The molecule has 29 heavy (non-hydrogen) atoms. The van der Waals surface area contributed by atoms with Gasteiger partial charge in [-0.25, -0.2) is 0 Å². The van der Waals surface area contributed by atoms with Gasteiger partial charge in [0.05, 0.1) is 11.6 Å². The van der Waals surface area contributed by atoms with E-state index in [-0.39, 0.29) is 0 Å². The monoisotopic (exact) mass is 376 g/mol. The third-order valence-corrected chi connectivity index (χ3v) is 4.77. The molecule has 142 valence electrons. The number of rotatable bonds is 5. The van der Waals surface area contributed by atoms with E-state index in [1.54, 1.807) is 0 Å². The first-order chi connectivity index (χ1) is 14.2. The van der Waals surface area contributed by atoms with Crippen molar-refractivity contribution in [2.45, 2.75) is 13.8 Å². The Balaban J connectivity index is 1.65. The van der Waals surface area contributed by atoms with E-state index in [2.05, 4.69) is 79.1 Å². The van der Waals surface area contributed by atoms with Crippen LogP contribution in [0.1, 0.15) is 41.7 Å². The molecule has 0 amide bonds. The Bertz CT molecular complexity index is 1050. The zero-order chi connectivity index (χ0) is 20.5. The third kappa shape index (κ3) is 5.61. The molecule has 0 aliphatic heterocycles. The highest BCUT2D eigenvalue weighted by molar-refractivity contribution is 5.70. The van der Waals surface area contributed by atoms with Gasteiger partial charge in [-0.2, -0.15) is 5.26 Å². The second-order valence-corrected chi connectivity index (χ2v) is 6.66. The fraction of sp³-hybridized carbons (Fsp3) is 0.148. The van der Waals surface area contributed by atoms with Crippen molar-refractivity contribution in [3.05, 3.63) is 101 Å². The molecular weight excluding hydrogens is 352 g/mol. The normalized spacial score (nSPS) is 10.2. The Morgan fingerprint density at radius 1 is 0.655 bits per heavy atom. The molecule has 0 radical (unpaired) electrons. The van der Waals surface area contributed by atoms with E-state index in [9.17, 15) is 0 Å². The zero-order valence-electron chi connectivity index (χ0n) is 16.9. The van der Waals surface area contributed by atoms with E-state index >= 15 is 0 Å². The second-order valence-electron chi connectivity index (χ2n) is 6.66. The Morgan fingerprint density at radius 2 is 1.07 bits per heavy atom. The minimum Gasteiger partial charge on any atom is -0.372 e. The molecular formula is C27H24N2. The molecule has 2 heteroatoms. The summed E-state index contributed by atoms with van der Waals surface area (Å²) >= 11 is 0. The van der Waals surface area contributed by atoms with Gasteiger partial charge in [-0.05, 0) is 73.5 Å². The molecule has 0 aliphatic carbocycles. The van der Waals surface area contributed by atoms with Crippen LogP contribution in [0.4, 0.5) is 5.69 Å². The van der Waals surface area contributed by atoms with Gasteiger partial charge >= 0.3 is 0 Å². The molecule has 0 saturated heterocycles. The number of hydrogen-bond donors (Lipinski definition) is 0. The van der Waals surface area contributed by atoms with Crippen molar-refractivity contribution in [1.29, 1.82) is 5.26 Å². The standard InChI is InChI=1S/C27H24N2/c1-3-29(4-2)27-19-17-25(18-20-27)12-11-23-7-5-22(6-8-23)9-10-24-13-15-26(21-28)16-14-24/h5-10,13-20H,3-4H2,1-2H3/b10-9+. The molecule has 3 aromatic rings. The molecule has 0 atom stereocenters. The molecule has 3 aromatic carbocycles. The maximum absolute atomic E-state index is 8.85. The first-order valence-corrected chi connectivity index (χ1v) is 9.87. The zero-order valence-corrected chi connectivity index (χ0v) is 16.9. The fourth-order valence-corrected chi connectivity index (χ4v) is 3.03. The predicted octanol–water partition coefficient (Wildman–Crippen LogP) is 5.97. The molecule has 0 aromatic heterocycles. The second kappa shape index (κ2) is 9.98. The number of nitriles is 1. The number of benzene rings is 3. The number of anilines is 1. The van der Waals surface area contributed by atoms with Crippen molar-refractivity contribution in [3.63, 3.8) is 0 Å². The molecule has 0 aliphatic rings. The Morgan fingerprint density at radius 3 is 1.48 bits per heavy atom. The first kappa shape index (κ1) is 20.0. The molecule has 0 heterocycles. The van der Waals surface area contributed by atoms with Gasteiger partial charge in [-0.3, -0.25) is 0 Å². The van der Waals surface area contributed by atoms with Crippen LogP contribution in [0.25, 0.3) is 12.2 Å². The molecule has 0 spiro atoms.